The third kappa shape index (κ3) is 3.27. The fraction of sp³-hybridized carbons (Fsp3) is 0.900. The molecule has 1 heterocycles. The summed E-state index contributed by atoms with van der Waals surface area (Å²) in [6.07, 6.45) is 2.62. The molecule has 0 unspecified atom stereocenters. The van der Waals surface area contributed by atoms with Crippen LogP contribution in [0.3, 0.4) is 0 Å². The molecule has 0 radical (unpaired) electrons. The van der Waals surface area contributed by atoms with Gasteiger partial charge in [0.1, 0.15) is 6.04 Å². The standard InChI is InChI=1S/C10H19NO3/c1-2-14-10(13)9-7-8(4-6-12)3-5-11-9/h8-9,11-12H,2-7H2,1H3/t8-,9-/m1/s1. The molecule has 0 aliphatic carbocycles. The molecule has 2 N–H and O–H groups in total. The second kappa shape index (κ2) is 5.98. The molecule has 0 saturated carbocycles. The van der Waals surface area contributed by atoms with Crippen LogP contribution < -0.4 is 5.32 Å². The molecule has 2 atom stereocenters. The molecule has 0 aromatic rings. The molecule has 14 heavy (non-hydrogen) atoms. The summed E-state index contributed by atoms with van der Waals surface area (Å²) in [5.74, 6) is 0.297. The molecular weight excluding hydrogens is 182 g/mol. The van der Waals surface area contributed by atoms with Crippen molar-refractivity contribution in [3.63, 3.8) is 0 Å². The predicted octanol–water partition coefficient (Wildman–Crippen LogP) is 0.300. The van der Waals surface area contributed by atoms with E-state index in [1.165, 1.54) is 0 Å². The minimum atomic E-state index is -0.166. The van der Waals surface area contributed by atoms with Crippen LogP contribution in [0, 0.1) is 5.92 Å². The highest BCUT2D eigenvalue weighted by atomic mass is 16.5. The number of esters is 1. The lowest BCUT2D eigenvalue weighted by molar-refractivity contribution is -0.146. The fourth-order valence-electron chi connectivity index (χ4n) is 1.86. The quantitative estimate of drug-likeness (QED) is 0.642. The van der Waals surface area contributed by atoms with Gasteiger partial charge in [-0.1, -0.05) is 0 Å². The molecule has 1 saturated heterocycles. The highest BCUT2D eigenvalue weighted by molar-refractivity contribution is 5.75. The molecule has 4 heteroatoms. The van der Waals surface area contributed by atoms with Crippen LogP contribution in [-0.4, -0.2) is 36.9 Å². The van der Waals surface area contributed by atoms with Gasteiger partial charge in [0.15, 0.2) is 0 Å². The average Bonchev–Trinajstić information content (AvgIpc) is 2.19. The summed E-state index contributed by atoms with van der Waals surface area (Å²) in [7, 11) is 0. The Hall–Kier alpha value is -0.610. The van der Waals surface area contributed by atoms with Crippen LogP contribution in [0.5, 0.6) is 0 Å². The minimum Gasteiger partial charge on any atom is -0.465 e. The molecule has 0 spiro atoms. The summed E-state index contributed by atoms with van der Waals surface area (Å²) < 4.78 is 4.94. The maximum absolute atomic E-state index is 11.4. The van der Waals surface area contributed by atoms with Gasteiger partial charge in [0.25, 0.3) is 0 Å². The van der Waals surface area contributed by atoms with E-state index in [1.807, 2.05) is 6.92 Å². The lowest BCUT2D eigenvalue weighted by Gasteiger charge is -2.28. The Morgan fingerprint density at radius 3 is 3.07 bits per heavy atom. The third-order valence-corrected chi connectivity index (χ3v) is 2.62. The first-order valence-electron chi connectivity index (χ1n) is 5.28. The van der Waals surface area contributed by atoms with Gasteiger partial charge < -0.3 is 15.2 Å². The lowest BCUT2D eigenvalue weighted by atomic mass is 9.90. The van der Waals surface area contributed by atoms with Gasteiger partial charge in [-0.15, -0.1) is 0 Å². The van der Waals surface area contributed by atoms with Gasteiger partial charge in [-0.3, -0.25) is 4.79 Å². The van der Waals surface area contributed by atoms with Crippen molar-refractivity contribution < 1.29 is 14.6 Å². The van der Waals surface area contributed by atoms with E-state index in [0.29, 0.717) is 12.5 Å². The largest absolute Gasteiger partial charge is 0.465 e. The molecule has 1 aliphatic heterocycles. The fourth-order valence-corrected chi connectivity index (χ4v) is 1.86. The van der Waals surface area contributed by atoms with Crippen LogP contribution >= 0.6 is 0 Å². The first-order valence-corrected chi connectivity index (χ1v) is 5.28. The van der Waals surface area contributed by atoms with Gasteiger partial charge in [0.2, 0.25) is 0 Å². The van der Waals surface area contributed by atoms with Crippen molar-refractivity contribution in [2.24, 2.45) is 5.92 Å². The highest BCUT2D eigenvalue weighted by Crippen LogP contribution is 2.19. The first kappa shape index (κ1) is 11.5. The van der Waals surface area contributed by atoms with Crippen LogP contribution in [0.1, 0.15) is 26.2 Å². The second-order valence-electron chi connectivity index (χ2n) is 3.66. The Morgan fingerprint density at radius 2 is 2.43 bits per heavy atom. The zero-order valence-corrected chi connectivity index (χ0v) is 8.66. The first-order chi connectivity index (χ1) is 6.77. The Bertz CT molecular complexity index is 182. The number of carbonyl (C=O) groups is 1. The topological polar surface area (TPSA) is 58.6 Å². The molecule has 1 fully saturated rings. The molecule has 1 aliphatic rings. The zero-order chi connectivity index (χ0) is 10.4. The van der Waals surface area contributed by atoms with E-state index in [2.05, 4.69) is 5.32 Å². The number of piperidine rings is 1. The van der Waals surface area contributed by atoms with E-state index < -0.39 is 0 Å². The molecule has 0 aromatic carbocycles. The SMILES string of the molecule is CCOC(=O)[C@H]1C[C@@H](CCO)CCN1. The van der Waals surface area contributed by atoms with Crippen LogP contribution in [0.4, 0.5) is 0 Å². The maximum Gasteiger partial charge on any atom is 0.323 e. The lowest BCUT2D eigenvalue weighted by Crippen LogP contribution is -2.44. The van der Waals surface area contributed by atoms with Crippen molar-refractivity contribution in [1.82, 2.24) is 5.32 Å². The number of carbonyl (C=O) groups excluding carboxylic acids is 1. The Labute approximate surface area is 84.6 Å². The van der Waals surface area contributed by atoms with Gasteiger partial charge in [0.05, 0.1) is 6.61 Å². The summed E-state index contributed by atoms with van der Waals surface area (Å²) in [5, 5.41) is 11.9. The minimum absolute atomic E-state index is 0.157. The zero-order valence-electron chi connectivity index (χ0n) is 8.66. The van der Waals surface area contributed by atoms with E-state index in [1.54, 1.807) is 0 Å². The molecule has 4 nitrogen and oxygen atoms in total. The Balaban J connectivity index is 2.35. The van der Waals surface area contributed by atoms with Crippen molar-refractivity contribution >= 4 is 5.97 Å². The summed E-state index contributed by atoms with van der Waals surface area (Å²) >= 11 is 0. The van der Waals surface area contributed by atoms with Gasteiger partial charge in [-0.05, 0) is 38.6 Å². The van der Waals surface area contributed by atoms with Crippen LogP contribution in [0.25, 0.3) is 0 Å². The third-order valence-electron chi connectivity index (χ3n) is 2.62. The molecular formula is C10H19NO3. The van der Waals surface area contributed by atoms with Crippen molar-refractivity contribution in [2.75, 3.05) is 19.8 Å². The highest BCUT2D eigenvalue weighted by Gasteiger charge is 2.27. The molecule has 82 valence electrons. The number of hydrogen-bond donors (Lipinski definition) is 2. The van der Waals surface area contributed by atoms with Gasteiger partial charge in [-0.2, -0.15) is 0 Å². The summed E-state index contributed by atoms with van der Waals surface area (Å²) in [6.45, 7) is 3.29. The molecule has 0 bridgehead atoms. The van der Waals surface area contributed by atoms with Crippen LogP contribution in [-0.2, 0) is 9.53 Å². The number of rotatable bonds is 4. The van der Waals surface area contributed by atoms with Gasteiger partial charge >= 0.3 is 5.97 Å². The Kier molecular flexibility index (Phi) is 4.90. The van der Waals surface area contributed by atoms with Crippen LogP contribution in [0.15, 0.2) is 0 Å². The van der Waals surface area contributed by atoms with E-state index in [-0.39, 0.29) is 18.6 Å². The molecule has 1 rings (SSSR count). The summed E-state index contributed by atoms with van der Waals surface area (Å²) in [6, 6.07) is -0.166. The maximum atomic E-state index is 11.4. The van der Waals surface area contributed by atoms with E-state index in [4.69, 9.17) is 9.84 Å². The second-order valence-corrected chi connectivity index (χ2v) is 3.66. The molecule has 0 aromatic heterocycles. The number of nitrogens with one attached hydrogen (secondary N) is 1. The monoisotopic (exact) mass is 201 g/mol. The normalized spacial score (nSPS) is 27.3. The van der Waals surface area contributed by atoms with E-state index in [9.17, 15) is 4.79 Å². The number of aliphatic hydroxyl groups excluding tert-OH is 1. The number of ether oxygens (including phenoxy) is 1. The van der Waals surface area contributed by atoms with E-state index >= 15 is 0 Å². The smallest absolute Gasteiger partial charge is 0.323 e. The number of hydrogen-bond acceptors (Lipinski definition) is 4. The van der Waals surface area contributed by atoms with Crippen molar-refractivity contribution in [1.29, 1.82) is 0 Å². The predicted molar refractivity (Wildman–Crippen MR) is 52.9 cm³/mol. The molecule has 0 amide bonds. The summed E-state index contributed by atoms with van der Waals surface area (Å²) in [5.41, 5.74) is 0. The average molecular weight is 201 g/mol. The van der Waals surface area contributed by atoms with Crippen molar-refractivity contribution in [3.05, 3.63) is 0 Å². The Morgan fingerprint density at radius 1 is 1.64 bits per heavy atom. The van der Waals surface area contributed by atoms with E-state index in [0.717, 1.165) is 25.8 Å². The summed E-state index contributed by atoms with van der Waals surface area (Å²) in [4.78, 5) is 11.4. The number of aliphatic hydroxyl groups is 1. The van der Waals surface area contributed by atoms with Gasteiger partial charge in [-0.25, -0.2) is 0 Å². The van der Waals surface area contributed by atoms with Crippen molar-refractivity contribution in [2.45, 2.75) is 32.2 Å². The van der Waals surface area contributed by atoms with Crippen LogP contribution in [0.2, 0.25) is 0 Å². The van der Waals surface area contributed by atoms with Crippen molar-refractivity contribution in [3.8, 4) is 0 Å². The van der Waals surface area contributed by atoms with Gasteiger partial charge in [0, 0.05) is 6.61 Å².